The van der Waals surface area contributed by atoms with Gasteiger partial charge in [-0.3, -0.25) is 9.59 Å². The molecule has 0 radical (unpaired) electrons. The van der Waals surface area contributed by atoms with Gasteiger partial charge in [-0.05, 0) is 43.9 Å². The van der Waals surface area contributed by atoms with Gasteiger partial charge in [-0.1, -0.05) is 12.6 Å². The molecule has 4 N–H and O–H groups in total. The van der Waals surface area contributed by atoms with Gasteiger partial charge < -0.3 is 30.2 Å². The van der Waals surface area contributed by atoms with E-state index in [1.54, 1.807) is 31.2 Å². The molecule has 0 saturated carbocycles. The van der Waals surface area contributed by atoms with E-state index in [-0.39, 0.29) is 23.6 Å². The van der Waals surface area contributed by atoms with Crippen LogP contribution in [-0.2, 0) is 9.53 Å². The fourth-order valence-corrected chi connectivity index (χ4v) is 3.88. The number of anilines is 1. The molecule has 2 atom stereocenters. The molecule has 1 aliphatic rings. The van der Waals surface area contributed by atoms with E-state index in [0.717, 1.165) is 12.8 Å². The Morgan fingerprint density at radius 1 is 1.35 bits per heavy atom. The zero-order chi connectivity index (χ0) is 24.1. The van der Waals surface area contributed by atoms with Crippen LogP contribution in [0.1, 0.15) is 30.1 Å². The van der Waals surface area contributed by atoms with Crippen LogP contribution >= 0.6 is 0 Å². The van der Waals surface area contributed by atoms with Crippen LogP contribution in [0, 0.1) is 5.92 Å². The number of carbonyl (C=O) groups excluding carboxylic acids is 2. The van der Waals surface area contributed by atoms with E-state index in [2.05, 4.69) is 32.2 Å². The van der Waals surface area contributed by atoms with Crippen molar-refractivity contribution in [3.05, 3.63) is 54.9 Å². The second-order valence-corrected chi connectivity index (χ2v) is 8.13. The summed E-state index contributed by atoms with van der Waals surface area (Å²) in [6.45, 7) is 6.45. The highest BCUT2D eigenvalue weighted by atomic mass is 16.5. The second kappa shape index (κ2) is 10.4. The number of aromatic amines is 1. The fraction of sp³-hybridized carbons (Fsp3) is 0.333. The molecule has 1 fully saturated rings. The first kappa shape index (κ1) is 23.4. The first-order valence-electron chi connectivity index (χ1n) is 11.1. The molecule has 0 bridgehead atoms. The number of benzene rings is 1. The average Bonchev–Trinajstić information content (AvgIpc) is 3.27. The van der Waals surface area contributed by atoms with Crippen LogP contribution in [0.15, 0.2) is 49.3 Å². The van der Waals surface area contributed by atoms with Gasteiger partial charge in [0.25, 0.3) is 5.91 Å². The van der Waals surface area contributed by atoms with Crippen molar-refractivity contribution in [2.75, 3.05) is 18.5 Å². The minimum Gasteiger partial charge on any atom is -0.437 e. The van der Waals surface area contributed by atoms with Crippen molar-refractivity contribution in [3.8, 4) is 11.6 Å². The summed E-state index contributed by atoms with van der Waals surface area (Å²) in [6.07, 6.45) is 5.00. The van der Waals surface area contributed by atoms with E-state index in [0.29, 0.717) is 41.4 Å². The number of rotatable bonds is 8. The molecule has 0 unspecified atom stereocenters. The third kappa shape index (κ3) is 5.41. The Kier molecular flexibility index (Phi) is 7.19. The number of aliphatic hydroxyl groups is 1. The van der Waals surface area contributed by atoms with Crippen molar-refractivity contribution >= 4 is 28.7 Å². The number of carbonyl (C=O) groups is 2. The Hall–Kier alpha value is -3.76. The molecule has 1 aliphatic heterocycles. The molecule has 178 valence electrons. The third-order valence-corrected chi connectivity index (χ3v) is 5.73. The SMILES string of the molecule is C=CC(=O)Nc1cccc(Oc2cnc3[nH]cc(C(=O)N[C@@H](C)[C@H](O)C4CCOCC4)c3n2)c1. The van der Waals surface area contributed by atoms with Crippen LogP contribution in [0.3, 0.4) is 0 Å². The lowest BCUT2D eigenvalue weighted by atomic mass is 9.90. The van der Waals surface area contributed by atoms with Crippen molar-refractivity contribution in [1.82, 2.24) is 20.3 Å². The molecular formula is C24H27N5O5. The minimum atomic E-state index is -0.670. The molecule has 0 spiro atoms. The molecule has 1 aromatic carbocycles. The van der Waals surface area contributed by atoms with Crippen molar-refractivity contribution in [2.45, 2.75) is 31.9 Å². The van der Waals surface area contributed by atoms with Gasteiger partial charge in [0, 0.05) is 31.2 Å². The summed E-state index contributed by atoms with van der Waals surface area (Å²) in [5, 5.41) is 16.2. The van der Waals surface area contributed by atoms with Gasteiger partial charge in [0.05, 0.1) is 23.9 Å². The Morgan fingerprint density at radius 2 is 2.15 bits per heavy atom. The van der Waals surface area contributed by atoms with Gasteiger partial charge in [0.1, 0.15) is 11.3 Å². The molecule has 3 aromatic rings. The summed E-state index contributed by atoms with van der Waals surface area (Å²) in [5.74, 6) is -0.00400. The number of nitrogens with one attached hydrogen (secondary N) is 3. The number of hydrogen-bond acceptors (Lipinski definition) is 7. The van der Waals surface area contributed by atoms with Gasteiger partial charge >= 0.3 is 0 Å². The maximum atomic E-state index is 12.9. The average molecular weight is 466 g/mol. The lowest BCUT2D eigenvalue weighted by Crippen LogP contribution is -2.45. The summed E-state index contributed by atoms with van der Waals surface area (Å²) in [5.41, 5.74) is 1.61. The number of nitrogens with zero attached hydrogens (tertiary/aromatic N) is 2. The highest BCUT2D eigenvalue weighted by molar-refractivity contribution is 6.04. The summed E-state index contributed by atoms with van der Waals surface area (Å²) < 4.78 is 11.1. The molecule has 1 saturated heterocycles. The standard InChI is InChI=1S/C24H27N5O5/c1-3-19(30)28-16-5-4-6-17(11-16)34-20-13-26-23-21(29-20)18(12-25-23)24(32)27-14(2)22(31)15-7-9-33-10-8-15/h3-6,11-15,22,31H,1,7-10H2,2H3,(H,25,26)(H,27,32)(H,28,30)/t14-,22-/m0/s1. The highest BCUT2D eigenvalue weighted by Gasteiger charge is 2.28. The Balaban J connectivity index is 1.48. The molecular weight excluding hydrogens is 438 g/mol. The summed E-state index contributed by atoms with van der Waals surface area (Å²) in [7, 11) is 0. The quantitative estimate of drug-likeness (QED) is 0.375. The van der Waals surface area contributed by atoms with E-state index in [4.69, 9.17) is 9.47 Å². The smallest absolute Gasteiger partial charge is 0.255 e. The van der Waals surface area contributed by atoms with Crippen LogP contribution in [0.25, 0.3) is 11.2 Å². The summed E-state index contributed by atoms with van der Waals surface area (Å²) in [4.78, 5) is 36.1. The molecule has 34 heavy (non-hydrogen) atoms. The van der Waals surface area contributed by atoms with E-state index < -0.39 is 12.1 Å². The van der Waals surface area contributed by atoms with Crippen LogP contribution in [0.2, 0.25) is 0 Å². The summed E-state index contributed by atoms with van der Waals surface area (Å²) in [6, 6.07) is 6.34. The van der Waals surface area contributed by atoms with Crippen molar-refractivity contribution in [2.24, 2.45) is 5.92 Å². The fourth-order valence-electron chi connectivity index (χ4n) is 3.88. The van der Waals surface area contributed by atoms with Crippen molar-refractivity contribution in [3.63, 3.8) is 0 Å². The zero-order valence-corrected chi connectivity index (χ0v) is 18.8. The third-order valence-electron chi connectivity index (χ3n) is 5.73. The van der Waals surface area contributed by atoms with E-state index in [1.165, 1.54) is 18.5 Å². The van der Waals surface area contributed by atoms with Crippen molar-refractivity contribution in [1.29, 1.82) is 0 Å². The normalized spacial score (nSPS) is 15.9. The number of aromatic nitrogens is 3. The summed E-state index contributed by atoms with van der Waals surface area (Å²) >= 11 is 0. The molecule has 0 aliphatic carbocycles. The largest absolute Gasteiger partial charge is 0.437 e. The number of H-pyrrole nitrogens is 1. The molecule has 10 heteroatoms. The zero-order valence-electron chi connectivity index (χ0n) is 18.8. The number of hydrogen-bond donors (Lipinski definition) is 4. The molecule has 4 rings (SSSR count). The van der Waals surface area contributed by atoms with Gasteiger partial charge in [0.15, 0.2) is 5.65 Å². The number of ether oxygens (including phenoxy) is 2. The van der Waals surface area contributed by atoms with Crippen LogP contribution < -0.4 is 15.4 Å². The minimum absolute atomic E-state index is 0.0823. The van der Waals surface area contributed by atoms with Gasteiger partial charge in [-0.2, -0.15) is 0 Å². The van der Waals surface area contributed by atoms with Gasteiger partial charge in [-0.15, -0.1) is 0 Å². The maximum absolute atomic E-state index is 12.9. The monoisotopic (exact) mass is 465 g/mol. The lowest BCUT2D eigenvalue weighted by Gasteiger charge is -2.30. The van der Waals surface area contributed by atoms with Gasteiger partial charge in [-0.25, -0.2) is 9.97 Å². The molecule has 2 aromatic heterocycles. The topological polar surface area (TPSA) is 138 Å². The second-order valence-electron chi connectivity index (χ2n) is 8.13. The van der Waals surface area contributed by atoms with Crippen LogP contribution in [-0.4, -0.2) is 57.2 Å². The molecule has 3 heterocycles. The molecule has 2 amide bonds. The van der Waals surface area contributed by atoms with Crippen LogP contribution in [0.5, 0.6) is 11.6 Å². The Bertz CT molecular complexity index is 1190. The highest BCUT2D eigenvalue weighted by Crippen LogP contribution is 2.25. The predicted molar refractivity (Wildman–Crippen MR) is 126 cm³/mol. The van der Waals surface area contributed by atoms with Crippen molar-refractivity contribution < 1.29 is 24.2 Å². The number of fused-ring (bicyclic) bond motifs is 1. The number of aliphatic hydroxyl groups excluding tert-OH is 1. The first-order valence-corrected chi connectivity index (χ1v) is 11.1. The van der Waals surface area contributed by atoms with Gasteiger partial charge in [0.2, 0.25) is 11.8 Å². The Morgan fingerprint density at radius 3 is 2.91 bits per heavy atom. The molecule has 10 nitrogen and oxygen atoms in total. The first-order chi connectivity index (χ1) is 16.4. The van der Waals surface area contributed by atoms with E-state index >= 15 is 0 Å². The predicted octanol–water partition coefficient (Wildman–Crippen LogP) is 2.78. The van der Waals surface area contributed by atoms with Crippen LogP contribution in [0.4, 0.5) is 5.69 Å². The Labute approximate surface area is 196 Å². The lowest BCUT2D eigenvalue weighted by molar-refractivity contribution is -0.111. The van der Waals surface area contributed by atoms with E-state index in [9.17, 15) is 14.7 Å². The maximum Gasteiger partial charge on any atom is 0.255 e. The number of amides is 2. The van der Waals surface area contributed by atoms with E-state index in [1.807, 2.05) is 0 Å².